The summed E-state index contributed by atoms with van der Waals surface area (Å²) in [5.74, 6) is 0.817. The summed E-state index contributed by atoms with van der Waals surface area (Å²) in [6.07, 6.45) is 1.76. The molecular formula is C10H16N2O2. The third-order valence-corrected chi connectivity index (χ3v) is 1.84. The van der Waals surface area contributed by atoms with E-state index in [2.05, 4.69) is 10.3 Å². The van der Waals surface area contributed by atoms with Crippen LogP contribution in [0.25, 0.3) is 0 Å². The number of nitrogens with one attached hydrogen (secondary N) is 1. The van der Waals surface area contributed by atoms with Crippen molar-refractivity contribution in [2.75, 3.05) is 27.4 Å². The summed E-state index contributed by atoms with van der Waals surface area (Å²) >= 11 is 0. The van der Waals surface area contributed by atoms with Crippen molar-refractivity contribution >= 4 is 0 Å². The molecule has 1 heterocycles. The Morgan fingerprint density at radius 2 is 2.29 bits per heavy atom. The molecule has 0 aliphatic heterocycles. The van der Waals surface area contributed by atoms with Crippen molar-refractivity contribution in [2.24, 2.45) is 0 Å². The highest BCUT2D eigenvalue weighted by molar-refractivity contribution is 5.26. The van der Waals surface area contributed by atoms with E-state index in [0.29, 0.717) is 13.2 Å². The van der Waals surface area contributed by atoms with Gasteiger partial charge in [-0.1, -0.05) is 0 Å². The van der Waals surface area contributed by atoms with E-state index >= 15 is 0 Å². The summed E-state index contributed by atoms with van der Waals surface area (Å²) in [6, 6.07) is 3.76. The van der Waals surface area contributed by atoms with Crippen LogP contribution in [0.1, 0.15) is 5.69 Å². The zero-order chi connectivity index (χ0) is 10.2. The van der Waals surface area contributed by atoms with Gasteiger partial charge in [0.1, 0.15) is 5.75 Å². The molecule has 78 valence electrons. The van der Waals surface area contributed by atoms with Gasteiger partial charge in [0.05, 0.1) is 19.4 Å². The first kappa shape index (κ1) is 10.9. The molecule has 0 saturated heterocycles. The van der Waals surface area contributed by atoms with Crippen molar-refractivity contribution in [1.82, 2.24) is 10.3 Å². The maximum absolute atomic E-state index is 5.17. The lowest BCUT2D eigenvalue weighted by Crippen LogP contribution is -2.19. The Morgan fingerprint density at radius 1 is 1.43 bits per heavy atom. The number of hydrogen-bond acceptors (Lipinski definition) is 4. The van der Waals surface area contributed by atoms with Crippen LogP contribution in [0, 0.1) is 0 Å². The molecular weight excluding hydrogens is 180 g/mol. The van der Waals surface area contributed by atoms with Crippen LogP contribution in [0.2, 0.25) is 0 Å². The maximum atomic E-state index is 5.17. The fraction of sp³-hybridized carbons (Fsp3) is 0.500. The van der Waals surface area contributed by atoms with E-state index < -0.39 is 0 Å². The van der Waals surface area contributed by atoms with Crippen LogP contribution in [-0.2, 0) is 11.3 Å². The monoisotopic (exact) mass is 196 g/mol. The highest BCUT2D eigenvalue weighted by Crippen LogP contribution is 2.13. The zero-order valence-electron chi connectivity index (χ0n) is 8.62. The second-order valence-corrected chi connectivity index (χ2v) is 2.82. The van der Waals surface area contributed by atoms with Gasteiger partial charge in [0.15, 0.2) is 0 Å². The molecule has 0 radical (unpaired) electrons. The maximum Gasteiger partial charge on any atom is 0.141 e. The van der Waals surface area contributed by atoms with Crippen LogP contribution in [0.5, 0.6) is 5.75 Å². The first-order valence-electron chi connectivity index (χ1n) is 4.56. The first-order valence-corrected chi connectivity index (χ1v) is 4.56. The van der Waals surface area contributed by atoms with Gasteiger partial charge in [0.2, 0.25) is 0 Å². The number of nitrogens with zero attached hydrogens (tertiary/aromatic N) is 1. The minimum Gasteiger partial charge on any atom is -0.495 e. The lowest BCUT2D eigenvalue weighted by atomic mass is 10.3. The molecule has 14 heavy (non-hydrogen) atoms. The normalized spacial score (nSPS) is 10.1. The van der Waals surface area contributed by atoms with Gasteiger partial charge in [0.25, 0.3) is 0 Å². The van der Waals surface area contributed by atoms with Crippen molar-refractivity contribution in [3.8, 4) is 5.75 Å². The Balaban J connectivity index is 2.41. The fourth-order valence-corrected chi connectivity index (χ4v) is 1.12. The number of hydrogen-bond donors (Lipinski definition) is 1. The average Bonchev–Trinajstić information content (AvgIpc) is 2.25. The molecule has 0 aliphatic rings. The van der Waals surface area contributed by atoms with E-state index in [4.69, 9.17) is 9.47 Å². The van der Waals surface area contributed by atoms with Crippen LogP contribution in [-0.4, -0.2) is 32.4 Å². The van der Waals surface area contributed by atoms with Crippen LogP contribution < -0.4 is 10.1 Å². The largest absolute Gasteiger partial charge is 0.495 e. The summed E-state index contributed by atoms with van der Waals surface area (Å²) < 4.78 is 10.1. The molecule has 0 atom stereocenters. The molecule has 0 fully saturated rings. The number of pyridine rings is 1. The molecule has 0 spiro atoms. The van der Waals surface area contributed by atoms with Crippen LogP contribution >= 0.6 is 0 Å². The first-order chi connectivity index (χ1) is 6.88. The SMILES string of the molecule is COCCNCc1ncccc1OC. The number of rotatable bonds is 6. The quantitative estimate of drug-likeness (QED) is 0.684. The van der Waals surface area contributed by atoms with Gasteiger partial charge in [-0.15, -0.1) is 0 Å². The minimum absolute atomic E-state index is 0.702. The third kappa shape index (κ3) is 3.32. The van der Waals surface area contributed by atoms with Crippen LogP contribution in [0.4, 0.5) is 0 Å². The van der Waals surface area contributed by atoms with Crippen LogP contribution in [0.3, 0.4) is 0 Å². The minimum atomic E-state index is 0.702. The van der Waals surface area contributed by atoms with Crippen LogP contribution in [0.15, 0.2) is 18.3 Å². The molecule has 1 N–H and O–H groups in total. The van der Waals surface area contributed by atoms with Gasteiger partial charge < -0.3 is 14.8 Å². The molecule has 4 nitrogen and oxygen atoms in total. The second-order valence-electron chi connectivity index (χ2n) is 2.82. The Morgan fingerprint density at radius 3 is 3.00 bits per heavy atom. The Labute approximate surface area is 84.3 Å². The molecule has 0 amide bonds. The van der Waals surface area contributed by atoms with Crippen molar-refractivity contribution in [3.05, 3.63) is 24.0 Å². The molecule has 1 rings (SSSR count). The van der Waals surface area contributed by atoms with Gasteiger partial charge in [-0.25, -0.2) is 0 Å². The summed E-state index contributed by atoms with van der Waals surface area (Å²) in [5.41, 5.74) is 0.922. The van der Waals surface area contributed by atoms with Gasteiger partial charge in [-0.05, 0) is 12.1 Å². The third-order valence-electron chi connectivity index (χ3n) is 1.84. The summed E-state index contributed by atoms with van der Waals surface area (Å²) in [6.45, 7) is 2.22. The number of aromatic nitrogens is 1. The smallest absolute Gasteiger partial charge is 0.141 e. The molecule has 0 saturated carbocycles. The lowest BCUT2D eigenvalue weighted by molar-refractivity contribution is 0.199. The predicted molar refractivity (Wildman–Crippen MR) is 54.4 cm³/mol. The molecule has 4 heteroatoms. The molecule has 1 aromatic heterocycles. The van der Waals surface area contributed by atoms with E-state index in [1.807, 2.05) is 12.1 Å². The summed E-state index contributed by atoms with van der Waals surface area (Å²) in [7, 11) is 3.33. The van der Waals surface area contributed by atoms with Gasteiger partial charge in [-0.2, -0.15) is 0 Å². The standard InChI is InChI=1S/C10H16N2O2/c1-13-7-6-11-8-9-10(14-2)4-3-5-12-9/h3-5,11H,6-8H2,1-2H3. The number of methoxy groups -OCH3 is 2. The van der Waals surface area contributed by atoms with Gasteiger partial charge in [0, 0.05) is 26.4 Å². The second kappa shape index (κ2) is 6.34. The van der Waals surface area contributed by atoms with Gasteiger partial charge >= 0.3 is 0 Å². The molecule has 0 unspecified atom stereocenters. The van der Waals surface area contributed by atoms with Crippen molar-refractivity contribution in [3.63, 3.8) is 0 Å². The number of ether oxygens (including phenoxy) is 2. The average molecular weight is 196 g/mol. The molecule has 0 aromatic carbocycles. The van der Waals surface area contributed by atoms with E-state index in [1.54, 1.807) is 20.4 Å². The highest BCUT2D eigenvalue weighted by Gasteiger charge is 2.01. The Kier molecular flexibility index (Phi) is 4.96. The Hall–Kier alpha value is -1.13. The molecule has 1 aromatic rings. The topological polar surface area (TPSA) is 43.4 Å². The fourth-order valence-electron chi connectivity index (χ4n) is 1.12. The zero-order valence-corrected chi connectivity index (χ0v) is 8.62. The van der Waals surface area contributed by atoms with Crippen molar-refractivity contribution in [2.45, 2.75) is 6.54 Å². The highest BCUT2D eigenvalue weighted by atomic mass is 16.5. The van der Waals surface area contributed by atoms with Crippen molar-refractivity contribution < 1.29 is 9.47 Å². The van der Waals surface area contributed by atoms with Crippen molar-refractivity contribution in [1.29, 1.82) is 0 Å². The Bertz CT molecular complexity index is 266. The summed E-state index contributed by atoms with van der Waals surface area (Å²) in [5, 5.41) is 3.21. The van der Waals surface area contributed by atoms with Gasteiger partial charge in [-0.3, -0.25) is 4.98 Å². The summed E-state index contributed by atoms with van der Waals surface area (Å²) in [4.78, 5) is 4.22. The van der Waals surface area contributed by atoms with E-state index in [0.717, 1.165) is 18.0 Å². The van der Waals surface area contributed by atoms with E-state index in [-0.39, 0.29) is 0 Å². The van der Waals surface area contributed by atoms with E-state index in [9.17, 15) is 0 Å². The molecule has 0 bridgehead atoms. The predicted octanol–water partition coefficient (Wildman–Crippen LogP) is 0.826. The molecule has 0 aliphatic carbocycles. The van der Waals surface area contributed by atoms with E-state index in [1.165, 1.54) is 0 Å². The lowest BCUT2D eigenvalue weighted by Gasteiger charge is -2.07.